The molecule has 1 heterocycles. The highest BCUT2D eigenvalue weighted by Gasteiger charge is 2.32. The second-order valence-electron chi connectivity index (χ2n) is 6.24. The zero-order chi connectivity index (χ0) is 20.1. The third-order valence-corrected chi connectivity index (χ3v) is 4.49. The topological polar surface area (TPSA) is 89.1 Å². The van der Waals surface area contributed by atoms with Gasteiger partial charge >= 0.3 is 6.03 Å². The number of amides is 3. The number of ether oxygens (including phenoxy) is 3. The van der Waals surface area contributed by atoms with Crippen molar-refractivity contribution < 1.29 is 23.8 Å². The van der Waals surface area contributed by atoms with Gasteiger partial charge in [0.05, 0.1) is 33.1 Å². The largest absolute Gasteiger partial charge is 0.495 e. The van der Waals surface area contributed by atoms with Crippen molar-refractivity contribution in [3.05, 3.63) is 42.5 Å². The summed E-state index contributed by atoms with van der Waals surface area (Å²) in [6, 6.07) is 11.7. The quantitative estimate of drug-likeness (QED) is 0.798. The van der Waals surface area contributed by atoms with Crippen molar-refractivity contribution in [1.29, 1.82) is 0 Å². The van der Waals surface area contributed by atoms with Crippen molar-refractivity contribution in [2.24, 2.45) is 0 Å². The maximum Gasteiger partial charge on any atom is 0.319 e. The highest BCUT2D eigenvalue weighted by molar-refractivity contribution is 5.98. The number of nitrogens with zero attached hydrogens (tertiary/aromatic N) is 1. The molecule has 28 heavy (non-hydrogen) atoms. The average molecular weight is 385 g/mol. The second-order valence-corrected chi connectivity index (χ2v) is 6.24. The average Bonchev–Trinajstić information content (AvgIpc) is 3.07. The summed E-state index contributed by atoms with van der Waals surface area (Å²) in [5.74, 6) is 1.61. The Bertz CT molecular complexity index is 871. The highest BCUT2D eigenvalue weighted by atomic mass is 16.5. The van der Waals surface area contributed by atoms with Crippen LogP contribution in [-0.4, -0.2) is 45.9 Å². The number of hydrogen-bond acceptors (Lipinski definition) is 5. The molecule has 3 amide bonds. The number of hydrogen-bond donors (Lipinski definition) is 2. The Labute approximate surface area is 163 Å². The van der Waals surface area contributed by atoms with Crippen LogP contribution in [0.2, 0.25) is 0 Å². The minimum Gasteiger partial charge on any atom is -0.495 e. The van der Waals surface area contributed by atoms with E-state index in [0.717, 1.165) is 0 Å². The normalized spacial score (nSPS) is 15.9. The van der Waals surface area contributed by atoms with E-state index in [4.69, 9.17) is 14.2 Å². The molecule has 0 bridgehead atoms. The van der Waals surface area contributed by atoms with E-state index in [1.54, 1.807) is 55.5 Å². The van der Waals surface area contributed by atoms with Crippen LogP contribution in [0.25, 0.3) is 0 Å². The number of anilines is 2. The molecule has 3 rings (SSSR count). The van der Waals surface area contributed by atoms with Gasteiger partial charge in [-0.1, -0.05) is 12.1 Å². The fourth-order valence-corrected chi connectivity index (χ4v) is 3.14. The first-order chi connectivity index (χ1) is 13.5. The minimum atomic E-state index is -0.392. The van der Waals surface area contributed by atoms with Gasteiger partial charge in [-0.2, -0.15) is 0 Å². The molecule has 1 atom stereocenters. The zero-order valence-corrected chi connectivity index (χ0v) is 16.0. The number of rotatable bonds is 6. The van der Waals surface area contributed by atoms with Crippen molar-refractivity contribution >= 4 is 23.3 Å². The first-order valence-electron chi connectivity index (χ1n) is 8.78. The van der Waals surface area contributed by atoms with E-state index in [0.29, 0.717) is 35.2 Å². The lowest BCUT2D eigenvalue weighted by Gasteiger charge is -2.19. The fraction of sp³-hybridized carbons (Fsp3) is 0.300. The van der Waals surface area contributed by atoms with Crippen LogP contribution in [0.3, 0.4) is 0 Å². The standard InChI is InChI=1S/C20H23N3O5/c1-26-16-7-5-4-6-15(16)22-20(25)21-13-10-19(24)23(12-13)14-8-9-17(27-2)18(11-14)28-3/h4-9,11,13H,10,12H2,1-3H3,(H2,21,22,25)/t13-/m1/s1. The van der Waals surface area contributed by atoms with Gasteiger partial charge in [0.1, 0.15) is 5.75 Å². The third kappa shape index (κ3) is 4.11. The third-order valence-electron chi connectivity index (χ3n) is 4.49. The second kappa shape index (κ2) is 8.51. The van der Waals surface area contributed by atoms with Gasteiger partial charge in [-0.3, -0.25) is 4.79 Å². The summed E-state index contributed by atoms with van der Waals surface area (Å²) >= 11 is 0. The molecule has 8 heteroatoms. The van der Waals surface area contributed by atoms with Crippen LogP contribution in [0.4, 0.5) is 16.2 Å². The maximum atomic E-state index is 12.4. The molecule has 8 nitrogen and oxygen atoms in total. The smallest absolute Gasteiger partial charge is 0.319 e. The number of carbonyl (C=O) groups excluding carboxylic acids is 2. The molecule has 0 radical (unpaired) electrons. The summed E-state index contributed by atoms with van der Waals surface area (Å²) in [6.07, 6.45) is 0.216. The minimum absolute atomic E-state index is 0.0742. The molecule has 0 spiro atoms. The molecule has 1 aliphatic rings. The molecule has 148 valence electrons. The van der Waals surface area contributed by atoms with E-state index in [1.807, 2.05) is 6.07 Å². The number of benzene rings is 2. The number of carbonyl (C=O) groups is 2. The molecule has 0 unspecified atom stereocenters. The van der Waals surface area contributed by atoms with Crippen molar-refractivity contribution in [2.45, 2.75) is 12.5 Å². The highest BCUT2D eigenvalue weighted by Crippen LogP contribution is 2.33. The molecule has 1 fully saturated rings. The van der Waals surface area contributed by atoms with Crippen molar-refractivity contribution in [1.82, 2.24) is 5.32 Å². The number of para-hydroxylation sites is 2. The zero-order valence-electron chi connectivity index (χ0n) is 16.0. The first-order valence-corrected chi connectivity index (χ1v) is 8.78. The first kappa shape index (κ1) is 19.3. The molecule has 1 aliphatic heterocycles. The summed E-state index contributed by atoms with van der Waals surface area (Å²) in [7, 11) is 4.63. The Balaban J connectivity index is 1.65. The van der Waals surface area contributed by atoms with Crippen molar-refractivity contribution in [3.8, 4) is 17.2 Å². The molecule has 2 aromatic carbocycles. The molecule has 0 aliphatic carbocycles. The lowest BCUT2D eigenvalue weighted by Crippen LogP contribution is -2.39. The summed E-state index contributed by atoms with van der Waals surface area (Å²) in [5, 5.41) is 5.59. The van der Waals surface area contributed by atoms with Crippen LogP contribution in [0.1, 0.15) is 6.42 Å². The molecule has 2 aromatic rings. The van der Waals surface area contributed by atoms with Gasteiger partial charge in [0.15, 0.2) is 11.5 Å². The lowest BCUT2D eigenvalue weighted by atomic mass is 10.2. The van der Waals surface area contributed by atoms with Gasteiger partial charge in [-0.05, 0) is 24.3 Å². The van der Waals surface area contributed by atoms with Crippen LogP contribution in [0, 0.1) is 0 Å². The van der Waals surface area contributed by atoms with Crippen LogP contribution >= 0.6 is 0 Å². The Morgan fingerprint density at radius 2 is 1.71 bits per heavy atom. The summed E-state index contributed by atoms with van der Waals surface area (Å²) in [4.78, 5) is 26.4. The van der Waals surface area contributed by atoms with Crippen LogP contribution in [0.15, 0.2) is 42.5 Å². The van der Waals surface area contributed by atoms with E-state index >= 15 is 0 Å². The van der Waals surface area contributed by atoms with E-state index in [2.05, 4.69) is 10.6 Å². The molecular formula is C20H23N3O5. The van der Waals surface area contributed by atoms with Gasteiger partial charge in [-0.15, -0.1) is 0 Å². The number of methoxy groups -OCH3 is 3. The Kier molecular flexibility index (Phi) is 5.88. The Morgan fingerprint density at radius 1 is 1.00 bits per heavy atom. The monoisotopic (exact) mass is 385 g/mol. The fourth-order valence-electron chi connectivity index (χ4n) is 3.14. The molecule has 0 aromatic heterocycles. The Hall–Kier alpha value is -3.42. The van der Waals surface area contributed by atoms with Gasteiger partial charge in [0.25, 0.3) is 0 Å². The van der Waals surface area contributed by atoms with Gasteiger partial charge in [-0.25, -0.2) is 4.79 Å². The maximum absolute atomic E-state index is 12.4. The van der Waals surface area contributed by atoms with Crippen LogP contribution in [-0.2, 0) is 4.79 Å². The molecule has 2 N–H and O–H groups in total. The van der Waals surface area contributed by atoms with Crippen molar-refractivity contribution in [2.75, 3.05) is 38.1 Å². The number of urea groups is 1. The predicted octanol–water partition coefficient (Wildman–Crippen LogP) is 2.64. The van der Waals surface area contributed by atoms with E-state index in [1.165, 1.54) is 7.11 Å². The molecule has 1 saturated heterocycles. The lowest BCUT2D eigenvalue weighted by molar-refractivity contribution is -0.117. The van der Waals surface area contributed by atoms with Crippen LogP contribution < -0.4 is 29.7 Å². The van der Waals surface area contributed by atoms with Gasteiger partial charge in [0, 0.05) is 24.7 Å². The Morgan fingerprint density at radius 3 is 2.43 bits per heavy atom. The van der Waals surface area contributed by atoms with E-state index in [9.17, 15) is 9.59 Å². The summed E-state index contributed by atoms with van der Waals surface area (Å²) in [5.41, 5.74) is 1.25. The SMILES string of the molecule is COc1ccccc1NC(=O)N[C@@H]1CC(=O)N(c2ccc(OC)c(OC)c2)C1. The number of nitrogens with one attached hydrogen (secondary N) is 2. The van der Waals surface area contributed by atoms with Gasteiger partial charge in [0.2, 0.25) is 5.91 Å². The van der Waals surface area contributed by atoms with E-state index in [-0.39, 0.29) is 18.4 Å². The molecule has 0 saturated carbocycles. The van der Waals surface area contributed by atoms with Gasteiger partial charge < -0.3 is 29.7 Å². The van der Waals surface area contributed by atoms with E-state index < -0.39 is 6.03 Å². The van der Waals surface area contributed by atoms with Crippen LogP contribution in [0.5, 0.6) is 17.2 Å². The summed E-state index contributed by atoms with van der Waals surface area (Å²) in [6.45, 7) is 0.369. The predicted molar refractivity (Wildman–Crippen MR) is 105 cm³/mol. The van der Waals surface area contributed by atoms with Crippen molar-refractivity contribution in [3.63, 3.8) is 0 Å². The molecular weight excluding hydrogens is 362 g/mol. The summed E-state index contributed by atoms with van der Waals surface area (Å²) < 4.78 is 15.7.